The zero-order chi connectivity index (χ0) is 37.5. The van der Waals surface area contributed by atoms with Crippen molar-refractivity contribution >= 4 is 71.1 Å². The number of nitrogens with zero attached hydrogens (tertiary/aromatic N) is 2. The zero-order valence-electron chi connectivity index (χ0n) is 31.2. The quantitative estimate of drug-likeness (QED) is 0.173. The Morgan fingerprint density at radius 3 is 1.93 bits per heavy atom. The lowest BCUT2D eigenvalue weighted by atomic mass is 9.95. The summed E-state index contributed by atoms with van der Waals surface area (Å²) in [5, 5.41) is 7.17. The van der Waals surface area contributed by atoms with Gasteiger partial charge in [0.1, 0.15) is 11.2 Å². The zero-order valence-corrected chi connectivity index (χ0v) is 31.2. The summed E-state index contributed by atoms with van der Waals surface area (Å²) in [7, 11) is 0. The topological polar surface area (TPSA) is 23.0 Å². The third-order valence-electron chi connectivity index (χ3n) is 12.0. The van der Waals surface area contributed by atoms with Gasteiger partial charge in [0, 0.05) is 43.6 Å². The smallest absolute Gasteiger partial charge is 0.143 e. The molecule has 1 aliphatic carbocycles. The van der Waals surface area contributed by atoms with Crippen LogP contribution in [-0.4, -0.2) is 9.13 Å². The van der Waals surface area contributed by atoms with E-state index >= 15 is 0 Å². The van der Waals surface area contributed by atoms with E-state index in [1.165, 1.54) is 60.4 Å². The number of furan rings is 1. The molecule has 0 atom stereocenters. The fourth-order valence-electron chi connectivity index (χ4n) is 9.37. The van der Waals surface area contributed by atoms with Crippen LogP contribution in [0.3, 0.4) is 0 Å². The van der Waals surface area contributed by atoms with Crippen molar-refractivity contribution in [1.29, 1.82) is 0 Å². The van der Waals surface area contributed by atoms with Gasteiger partial charge in [0.15, 0.2) is 0 Å². The van der Waals surface area contributed by atoms with Crippen molar-refractivity contribution < 1.29 is 4.42 Å². The van der Waals surface area contributed by atoms with E-state index in [9.17, 15) is 0 Å². The van der Waals surface area contributed by atoms with E-state index in [0.717, 1.165) is 62.8 Å². The number of fused-ring (bicyclic) bond motifs is 9. The van der Waals surface area contributed by atoms with Crippen molar-refractivity contribution in [3.63, 3.8) is 0 Å². The maximum Gasteiger partial charge on any atom is 0.143 e. The molecule has 0 bridgehead atoms. The minimum Gasteiger partial charge on any atom is -0.455 e. The monoisotopic (exact) mass is 728 g/mol. The molecule has 0 spiro atoms. The predicted octanol–water partition coefficient (Wildman–Crippen LogP) is 14.8. The second-order valence-electron chi connectivity index (χ2n) is 15.2. The number of rotatable bonds is 5. The summed E-state index contributed by atoms with van der Waals surface area (Å²) in [5.41, 5.74) is 16.0. The molecule has 57 heavy (non-hydrogen) atoms. The highest BCUT2D eigenvalue weighted by molar-refractivity contribution is 6.19. The van der Waals surface area contributed by atoms with Crippen LogP contribution in [0.4, 0.5) is 0 Å². The molecule has 0 amide bonds. The van der Waals surface area contributed by atoms with E-state index in [-0.39, 0.29) is 0 Å². The SMILES string of the molecule is C1=CCCC(c2ccc3c(c2)c2cc(-c4ccccc4)ccc2n3-c2cc(-c3cccc4c3oc3ccccc34)cc3c2c2ccccc2n3-c2ccccc2)=C1. The van der Waals surface area contributed by atoms with Gasteiger partial charge in [-0.3, -0.25) is 0 Å². The number of benzene rings is 8. The Morgan fingerprint density at radius 1 is 0.439 bits per heavy atom. The minimum absolute atomic E-state index is 0.899. The van der Waals surface area contributed by atoms with E-state index < -0.39 is 0 Å². The van der Waals surface area contributed by atoms with Gasteiger partial charge in [-0.1, -0.05) is 133 Å². The summed E-state index contributed by atoms with van der Waals surface area (Å²) in [6.07, 6.45) is 8.86. The lowest BCUT2D eigenvalue weighted by molar-refractivity contribution is 0.670. The Labute approximate surface area is 329 Å². The van der Waals surface area contributed by atoms with E-state index in [1.54, 1.807) is 0 Å². The first-order valence-corrected chi connectivity index (χ1v) is 19.8. The molecule has 1 aliphatic rings. The summed E-state index contributed by atoms with van der Waals surface area (Å²) in [6.45, 7) is 0. The van der Waals surface area contributed by atoms with E-state index in [1.807, 2.05) is 6.07 Å². The number of allylic oxidation sites excluding steroid dienone is 4. The molecule has 8 aromatic carbocycles. The van der Waals surface area contributed by atoms with Crippen molar-refractivity contribution in [1.82, 2.24) is 9.13 Å². The molecule has 0 N–H and O–H groups in total. The molecule has 11 aromatic rings. The molecule has 0 aliphatic heterocycles. The highest BCUT2D eigenvalue weighted by atomic mass is 16.3. The molecule has 3 heterocycles. The largest absolute Gasteiger partial charge is 0.455 e. The Bertz CT molecular complexity index is 3450. The minimum atomic E-state index is 0.899. The summed E-state index contributed by atoms with van der Waals surface area (Å²) in [5.74, 6) is 0. The molecular weight excluding hydrogens is 693 g/mol. The fraction of sp³-hybridized carbons (Fsp3) is 0.0370. The van der Waals surface area contributed by atoms with Gasteiger partial charge in [-0.25, -0.2) is 0 Å². The molecule has 0 radical (unpaired) electrons. The molecule has 3 aromatic heterocycles. The molecule has 0 saturated heterocycles. The maximum atomic E-state index is 6.70. The molecule has 12 rings (SSSR count). The van der Waals surface area contributed by atoms with Gasteiger partial charge < -0.3 is 13.6 Å². The normalized spacial score (nSPS) is 13.2. The molecule has 0 unspecified atom stereocenters. The number of aromatic nitrogens is 2. The molecule has 0 fully saturated rings. The standard InChI is InChI=1S/C54H36N2O/c1-4-15-35(16-5-1)37-27-29-48-45(31-37)46-32-38(36-17-6-2-7-18-36)28-30-49(46)56(48)51-34-39(41-23-14-24-43-42-21-11-13-26-52(42)57-54(41)43)33-50-53(51)44-22-10-12-25-47(44)55(50)40-19-8-3-9-20-40/h1-6,8-17,19-34H,7,18H2. The van der Waals surface area contributed by atoms with Crippen LogP contribution in [0.2, 0.25) is 0 Å². The van der Waals surface area contributed by atoms with Crippen molar-refractivity contribution in [2.24, 2.45) is 0 Å². The van der Waals surface area contributed by atoms with Gasteiger partial charge in [-0.2, -0.15) is 0 Å². The van der Waals surface area contributed by atoms with Crippen LogP contribution in [0, 0.1) is 0 Å². The van der Waals surface area contributed by atoms with Crippen LogP contribution in [-0.2, 0) is 0 Å². The third kappa shape index (κ3) is 4.92. The van der Waals surface area contributed by atoms with Crippen LogP contribution >= 0.6 is 0 Å². The average molecular weight is 729 g/mol. The van der Waals surface area contributed by atoms with Crippen LogP contribution < -0.4 is 0 Å². The molecule has 268 valence electrons. The second kappa shape index (κ2) is 12.6. The van der Waals surface area contributed by atoms with Gasteiger partial charge in [0.2, 0.25) is 0 Å². The van der Waals surface area contributed by atoms with Crippen LogP contribution in [0.5, 0.6) is 0 Å². The molecule has 0 saturated carbocycles. The van der Waals surface area contributed by atoms with Crippen LogP contribution in [0.1, 0.15) is 18.4 Å². The first-order valence-electron chi connectivity index (χ1n) is 19.8. The molecular formula is C54H36N2O. The first kappa shape index (κ1) is 31.9. The number of hydrogen-bond donors (Lipinski definition) is 0. The summed E-state index contributed by atoms with van der Waals surface area (Å²) < 4.78 is 11.6. The Hall–Kier alpha value is -7.36. The lowest BCUT2D eigenvalue weighted by Crippen LogP contribution is -1.98. The maximum absolute atomic E-state index is 6.70. The van der Waals surface area contributed by atoms with Crippen molar-refractivity contribution in [2.75, 3.05) is 0 Å². The van der Waals surface area contributed by atoms with Crippen molar-refractivity contribution in [3.05, 3.63) is 200 Å². The Balaban J connectivity index is 1.23. The van der Waals surface area contributed by atoms with Gasteiger partial charge in [-0.05, 0) is 101 Å². The van der Waals surface area contributed by atoms with Crippen molar-refractivity contribution in [3.8, 4) is 33.6 Å². The van der Waals surface area contributed by atoms with Gasteiger partial charge >= 0.3 is 0 Å². The second-order valence-corrected chi connectivity index (χ2v) is 15.2. The predicted molar refractivity (Wildman–Crippen MR) is 240 cm³/mol. The van der Waals surface area contributed by atoms with Gasteiger partial charge in [0.25, 0.3) is 0 Å². The first-order chi connectivity index (χ1) is 28.3. The number of hydrogen-bond acceptors (Lipinski definition) is 1. The highest BCUT2D eigenvalue weighted by Crippen LogP contribution is 2.45. The van der Waals surface area contributed by atoms with Crippen molar-refractivity contribution in [2.45, 2.75) is 12.8 Å². The molecule has 3 nitrogen and oxygen atoms in total. The Kier molecular flexibility index (Phi) is 7.05. The summed E-state index contributed by atoms with van der Waals surface area (Å²) in [6, 6.07) is 64.1. The van der Waals surface area contributed by atoms with Gasteiger partial charge in [-0.15, -0.1) is 0 Å². The molecule has 3 heteroatoms. The summed E-state index contributed by atoms with van der Waals surface area (Å²) >= 11 is 0. The van der Waals surface area contributed by atoms with Crippen LogP contribution in [0.15, 0.2) is 199 Å². The van der Waals surface area contributed by atoms with Gasteiger partial charge in [0.05, 0.1) is 27.8 Å². The Morgan fingerprint density at radius 2 is 1.12 bits per heavy atom. The summed E-state index contributed by atoms with van der Waals surface area (Å²) in [4.78, 5) is 0. The number of para-hydroxylation sites is 4. The fourth-order valence-corrected chi connectivity index (χ4v) is 9.37. The van der Waals surface area contributed by atoms with E-state index in [4.69, 9.17) is 4.42 Å². The lowest BCUT2D eigenvalue weighted by Gasteiger charge is -2.15. The third-order valence-corrected chi connectivity index (χ3v) is 12.0. The average Bonchev–Trinajstić information content (AvgIpc) is 3.94. The van der Waals surface area contributed by atoms with E-state index in [2.05, 4.69) is 197 Å². The van der Waals surface area contributed by atoms with E-state index in [0.29, 0.717) is 0 Å². The highest BCUT2D eigenvalue weighted by Gasteiger charge is 2.23. The van der Waals surface area contributed by atoms with Crippen LogP contribution in [0.25, 0.3) is 105 Å².